The molecule has 1 aliphatic heterocycles. The third kappa shape index (κ3) is 2.69. The van der Waals surface area contributed by atoms with Gasteiger partial charge >= 0.3 is 0 Å². The van der Waals surface area contributed by atoms with E-state index in [4.69, 9.17) is 4.74 Å². The highest BCUT2D eigenvalue weighted by Gasteiger charge is 2.23. The Morgan fingerprint density at radius 3 is 2.42 bits per heavy atom. The van der Waals surface area contributed by atoms with Crippen molar-refractivity contribution >= 4 is 12.4 Å². The predicted octanol–water partition coefficient (Wildman–Crippen LogP) is 2.61. The van der Waals surface area contributed by atoms with E-state index in [1.54, 1.807) is 19.5 Å². The lowest BCUT2D eigenvalue weighted by Crippen LogP contribution is -2.36. The summed E-state index contributed by atoms with van der Waals surface area (Å²) in [5.41, 5.74) is 3.07. The van der Waals surface area contributed by atoms with Crippen molar-refractivity contribution in [1.29, 1.82) is 0 Å². The second kappa shape index (κ2) is 5.99. The minimum absolute atomic E-state index is 0. The summed E-state index contributed by atoms with van der Waals surface area (Å²) < 4.78 is 5.17. The number of nitrogens with zero attached hydrogens (tertiary/aromatic N) is 2. The zero-order chi connectivity index (χ0) is 12.4. The van der Waals surface area contributed by atoms with Gasteiger partial charge in [-0.05, 0) is 37.2 Å². The van der Waals surface area contributed by atoms with E-state index in [-0.39, 0.29) is 12.4 Å². The molecule has 1 aromatic carbocycles. The normalized spacial score (nSPS) is 17.2. The van der Waals surface area contributed by atoms with Crippen molar-refractivity contribution in [2.75, 3.05) is 13.7 Å². The Bertz CT molecular complexity index is 541. The lowest BCUT2D eigenvalue weighted by molar-refractivity contribution is 0.375. The molecule has 0 amide bonds. The summed E-state index contributed by atoms with van der Waals surface area (Å²) in [6.07, 6.45) is 4.62. The van der Waals surface area contributed by atoms with Crippen molar-refractivity contribution in [1.82, 2.24) is 15.3 Å². The van der Waals surface area contributed by atoms with Crippen LogP contribution in [0.1, 0.15) is 18.2 Å². The molecule has 0 bridgehead atoms. The van der Waals surface area contributed by atoms with Gasteiger partial charge in [0.05, 0.1) is 24.5 Å². The molecule has 1 aromatic heterocycles. The van der Waals surface area contributed by atoms with Gasteiger partial charge in [-0.25, -0.2) is 0 Å². The quantitative estimate of drug-likeness (QED) is 0.937. The van der Waals surface area contributed by atoms with Crippen LogP contribution in [0.5, 0.6) is 5.75 Å². The van der Waals surface area contributed by atoms with E-state index in [1.165, 1.54) is 0 Å². The Balaban J connectivity index is 0.00000133. The fourth-order valence-corrected chi connectivity index (χ4v) is 2.10. The van der Waals surface area contributed by atoms with E-state index in [1.807, 2.05) is 24.3 Å². The zero-order valence-electron chi connectivity index (χ0n) is 10.7. The smallest absolute Gasteiger partial charge is 0.118 e. The molecule has 3 rings (SSSR count). The standard InChI is InChI=1S/C14H15N3O.ClH/c1-18-11-4-2-10(3-5-11)13-14(12-6-7-15-12)17-9-8-16-13;/h2-5,8-9,12,15H,6-7H2,1H3;1H. The minimum Gasteiger partial charge on any atom is -0.497 e. The molecular weight excluding hydrogens is 262 g/mol. The Labute approximate surface area is 118 Å². The van der Waals surface area contributed by atoms with Crippen LogP contribution in [0.4, 0.5) is 0 Å². The van der Waals surface area contributed by atoms with Crippen molar-refractivity contribution in [2.45, 2.75) is 12.5 Å². The van der Waals surface area contributed by atoms with Crippen molar-refractivity contribution in [2.24, 2.45) is 0 Å². The molecule has 5 heteroatoms. The van der Waals surface area contributed by atoms with E-state index in [0.717, 1.165) is 35.7 Å². The van der Waals surface area contributed by atoms with E-state index in [9.17, 15) is 0 Å². The number of hydrogen-bond donors (Lipinski definition) is 1. The Hall–Kier alpha value is -1.65. The topological polar surface area (TPSA) is 47.0 Å². The van der Waals surface area contributed by atoms with Gasteiger partial charge in [0.2, 0.25) is 0 Å². The number of hydrogen-bond acceptors (Lipinski definition) is 4. The summed E-state index contributed by atoms with van der Waals surface area (Å²) in [6, 6.07) is 8.27. The van der Waals surface area contributed by atoms with Crippen molar-refractivity contribution in [3.63, 3.8) is 0 Å². The average molecular weight is 278 g/mol. The van der Waals surface area contributed by atoms with Gasteiger partial charge in [0.15, 0.2) is 0 Å². The molecular formula is C14H16ClN3O. The Morgan fingerprint density at radius 1 is 1.16 bits per heavy atom. The van der Waals surface area contributed by atoms with Crippen molar-refractivity contribution in [3.05, 3.63) is 42.4 Å². The Morgan fingerprint density at radius 2 is 1.84 bits per heavy atom. The number of halogens is 1. The molecule has 0 spiro atoms. The van der Waals surface area contributed by atoms with Gasteiger partial charge in [-0.15, -0.1) is 12.4 Å². The average Bonchev–Trinajstić information content (AvgIpc) is 2.38. The van der Waals surface area contributed by atoms with Crippen LogP contribution in [0.2, 0.25) is 0 Å². The molecule has 1 saturated heterocycles. The number of nitrogens with one attached hydrogen (secondary N) is 1. The molecule has 1 aliphatic rings. The van der Waals surface area contributed by atoms with E-state index >= 15 is 0 Å². The van der Waals surface area contributed by atoms with Gasteiger partial charge in [0.1, 0.15) is 5.75 Å². The van der Waals surface area contributed by atoms with Crippen LogP contribution in [0, 0.1) is 0 Å². The number of benzene rings is 1. The first-order valence-corrected chi connectivity index (χ1v) is 6.07. The molecule has 4 nitrogen and oxygen atoms in total. The summed E-state index contributed by atoms with van der Waals surface area (Å²) in [6.45, 7) is 1.06. The molecule has 2 heterocycles. The zero-order valence-corrected chi connectivity index (χ0v) is 11.5. The van der Waals surface area contributed by atoms with E-state index < -0.39 is 0 Å². The number of methoxy groups -OCH3 is 1. The van der Waals surface area contributed by atoms with E-state index in [2.05, 4.69) is 15.3 Å². The van der Waals surface area contributed by atoms with Gasteiger partial charge in [-0.3, -0.25) is 9.97 Å². The SMILES string of the molecule is COc1ccc(-c2nccnc2C2CCN2)cc1.Cl. The maximum Gasteiger partial charge on any atom is 0.118 e. The number of rotatable bonds is 3. The van der Waals surface area contributed by atoms with Crippen LogP contribution >= 0.6 is 12.4 Å². The Kier molecular flexibility index (Phi) is 4.35. The van der Waals surface area contributed by atoms with Gasteiger partial charge in [0.25, 0.3) is 0 Å². The van der Waals surface area contributed by atoms with Crippen LogP contribution < -0.4 is 10.1 Å². The molecule has 1 atom stereocenters. The maximum atomic E-state index is 5.17. The molecule has 100 valence electrons. The summed E-state index contributed by atoms with van der Waals surface area (Å²) in [5.74, 6) is 0.853. The predicted molar refractivity (Wildman–Crippen MR) is 76.6 cm³/mol. The van der Waals surface area contributed by atoms with E-state index in [0.29, 0.717) is 6.04 Å². The third-order valence-electron chi connectivity index (χ3n) is 3.24. The first kappa shape index (κ1) is 13.8. The highest BCUT2D eigenvalue weighted by molar-refractivity contribution is 5.85. The first-order valence-electron chi connectivity index (χ1n) is 6.07. The van der Waals surface area contributed by atoms with Crippen LogP contribution in [-0.4, -0.2) is 23.6 Å². The molecule has 1 fully saturated rings. The summed E-state index contributed by atoms with van der Waals surface area (Å²) in [4.78, 5) is 8.93. The molecule has 2 aromatic rings. The lowest BCUT2D eigenvalue weighted by Gasteiger charge is -2.28. The molecule has 0 radical (unpaired) electrons. The van der Waals surface area contributed by atoms with Crippen LogP contribution in [0.15, 0.2) is 36.7 Å². The molecule has 0 aliphatic carbocycles. The molecule has 1 N–H and O–H groups in total. The number of ether oxygens (including phenoxy) is 1. The van der Waals surface area contributed by atoms with Crippen LogP contribution in [0.3, 0.4) is 0 Å². The highest BCUT2D eigenvalue weighted by atomic mass is 35.5. The van der Waals surface area contributed by atoms with Gasteiger partial charge in [0, 0.05) is 18.0 Å². The van der Waals surface area contributed by atoms with Crippen molar-refractivity contribution < 1.29 is 4.74 Å². The number of aromatic nitrogens is 2. The first-order chi connectivity index (χ1) is 8.88. The van der Waals surface area contributed by atoms with Crippen LogP contribution in [-0.2, 0) is 0 Å². The van der Waals surface area contributed by atoms with Gasteiger partial charge < -0.3 is 10.1 Å². The maximum absolute atomic E-state index is 5.17. The van der Waals surface area contributed by atoms with Gasteiger partial charge in [-0.1, -0.05) is 0 Å². The highest BCUT2D eigenvalue weighted by Crippen LogP contribution is 2.30. The summed E-state index contributed by atoms with van der Waals surface area (Å²) >= 11 is 0. The fraction of sp³-hybridized carbons (Fsp3) is 0.286. The largest absolute Gasteiger partial charge is 0.497 e. The minimum atomic E-state index is 0. The monoisotopic (exact) mass is 277 g/mol. The summed E-state index contributed by atoms with van der Waals surface area (Å²) in [7, 11) is 1.67. The van der Waals surface area contributed by atoms with Gasteiger partial charge in [-0.2, -0.15) is 0 Å². The molecule has 1 unspecified atom stereocenters. The molecule has 0 saturated carbocycles. The second-order valence-corrected chi connectivity index (χ2v) is 4.31. The fourth-order valence-electron chi connectivity index (χ4n) is 2.10. The summed E-state index contributed by atoms with van der Waals surface area (Å²) in [5, 5.41) is 3.37. The second-order valence-electron chi connectivity index (χ2n) is 4.31. The molecule has 19 heavy (non-hydrogen) atoms. The van der Waals surface area contributed by atoms with Crippen LogP contribution in [0.25, 0.3) is 11.3 Å². The lowest BCUT2D eigenvalue weighted by atomic mass is 9.98. The van der Waals surface area contributed by atoms with Crippen molar-refractivity contribution in [3.8, 4) is 17.0 Å². The third-order valence-corrected chi connectivity index (χ3v) is 3.24.